The molecule has 1 aromatic carbocycles. The zero-order valence-corrected chi connectivity index (χ0v) is 17.2. The number of rotatable bonds is 10. The third kappa shape index (κ3) is 6.16. The lowest BCUT2D eigenvalue weighted by atomic mass is 9.91. The predicted octanol–water partition coefficient (Wildman–Crippen LogP) is 5.39. The first-order valence-corrected chi connectivity index (χ1v) is 9.81. The van der Waals surface area contributed by atoms with E-state index in [4.69, 9.17) is 9.84 Å². The molecule has 0 aliphatic rings. The smallest absolute Gasteiger partial charge is 0.418 e. The van der Waals surface area contributed by atoms with Gasteiger partial charge in [-0.25, -0.2) is 9.97 Å². The fourth-order valence-corrected chi connectivity index (χ4v) is 3.16. The minimum atomic E-state index is -4.61. The molecule has 0 saturated carbocycles. The van der Waals surface area contributed by atoms with Gasteiger partial charge in [0.2, 0.25) is 0 Å². The second-order valence-corrected chi connectivity index (χ2v) is 6.79. The molecule has 9 heteroatoms. The molecule has 0 spiro atoms. The Labute approximate surface area is 173 Å². The molecule has 0 aliphatic heterocycles. The van der Waals surface area contributed by atoms with Crippen LogP contribution >= 0.6 is 0 Å². The number of hydrogen-bond acceptors (Lipinski definition) is 5. The van der Waals surface area contributed by atoms with Crippen LogP contribution in [0.5, 0.6) is 0 Å². The Morgan fingerprint density at radius 1 is 1.20 bits per heavy atom. The highest BCUT2D eigenvalue weighted by atomic mass is 19.4. The number of alkyl halides is 3. The summed E-state index contributed by atoms with van der Waals surface area (Å²) in [6.45, 7) is 5.12. The van der Waals surface area contributed by atoms with Gasteiger partial charge < -0.3 is 15.2 Å². The van der Waals surface area contributed by atoms with Crippen molar-refractivity contribution < 1.29 is 27.8 Å². The molecule has 2 atom stereocenters. The molecule has 0 radical (unpaired) electrons. The Kier molecular flexibility index (Phi) is 8.16. The maximum Gasteiger partial charge on any atom is 0.418 e. The van der Waals surface area contributed by atoms with Gasteiger partial charge in [-0.3, -0.25) is 4.79 Å². The average Bonchev–Trinajstić information content (AvgIpc) is 2.70. The summed E-state index contributed by atoms with van der Waals surface area (Å²) in [6, 6.07) is 4.43. The Hall–Kier alpha value is -2.68. The summed E-state index contributed by atoms with van der Waals surface area (Å²) in [5.74, 6) is -0.678. The zero-order valence-electron chi connectivity index (χ0n) is 17.2. The van der Waals surface area contributed by atoms with Gasteiger partial charge in [0.05, 0.1) is 24.5 Å². The van der Waals surface area contributed by atoms with Gasteiger partial charge in [0.25, 0.3) is 0 Å². The van der Waals surface area contributed by atoms with Crippen molar-refractivity contribution in [2.45, 2.75) is 58.2 Å². The lowest BCUT2D eigenvalue weighted by Gasteiger charge is -2.25. The number of aromatic nitrogens is 2. The molecule has 2 aromatic rings. The highest BCUT2D eigenvalue weighted by molar-refractivity contribution is 5.69. The van der Waals surface area contributed by atoms with Crippen LogP contribution in [0.15, 0.2) is 30.6 Å². The molecule has 30 heavy (non-hydrogen) atoms. The summed E-state index contributed by atoms with van der Waals surface area (Å²) >= 11 is 0. The molecular weight excluding hydrogens is 399 g/mol. The monoisotopic (exact) mass is 425 g/mol. The molecule has 2 unspecified atom stereocenters. The van der Waals surface area contributed by atoms with Crippen LogP contribution in [-0.4, -0.2) is 33.8 Å². The lowest BCUT2D eigenvalue weighted by Crippen LogP contribution is -2.24. The van der Waals surface area contributed by atoms with Crippen molar-refractivity contribution >= 4 is 17.3 Å². The van der Waals surface area contributed by atoms with Gasteiger partial charge in [-0.05, 0) is 30.9 Å². The van der Waals surface area contributed by atoms with E-state index in [1.165, 1.54) is 31.5 Å². The summed E-state index contributed by atoms with van der Waals surface area (Å²) in [5.41, 5.74) is 1.15. The molecule has 0 saturated heterocycles. The number of hydrogen-bond donors (Lipinski definition) is 2. The van der Waals surface area contributed by atoms with Crippen molar-refractivity contribution in [3.05, 3.63) is 47.5 Å². The fourth-order valence-electron chi connectivity index (χ4n) is 3.16. The molecular formula is C21H26F3N3O3. The predicted molar refractivity (Wildman–Crippen MR) is 107 cm³/mol. The van der Waals surface area contributed by atoms with Gasteiger partial charge in [0.1, 0.15) is 5.82 Å². The van der Waals surface area contributed by atoms with Crippen molar-refractivity contribution in [1.82, 2.24) is 9.97 Å². The van der Waals surface area contributed by atoms with Crippen LogP contribution in [-0.2, 0) is 16.0 Å². The van der Waals surface area contributed by atoms with Crippen molar-refractivity contribution in [3.63, 3.8) is 0 Å². The summed E-state index contributed by atoms with van der Waals surface area (Å²) in [6.07, 6.45) is -2.67. The molecule has 0 fully saturated rings. The molecule has 2 rings (SSSR count). The molecule has 2 N–H and O–H groups in total. The lowest BCUT2D eigenvalue weighted by molar-refractivity contribution is -0.222. The van der Waals surface area contributed by atoms with Crippen LogP contribution in [0.3, 0.4) is 0 Å². The quantitative estimate of drug-likeness (QED) is 0.531. The summed E-state index contributed by atoms with van der Waals surface area (Å²) in [4.78, 5) is 19.5. The van der Waals surface area contributed by atoms with Gasteiger partial charge in [0, 0.05) is 24.3 Å². The van der Waals surface area contributed by atoms with E-state index in [0.29, 0.717) is 29.9 Å². The molecule has 1 aromatic heterocycles. The summed E-state index contributed by atoms with van der Waals surface area (Å²) in [5, 5.41) is 12.1. The Morgan fingerprint density at radius 3 is 2.37 bits per heavy atom. The van der Waals surface area contributed by atoms with Crippen molar-refractivity contribution in [2.75, 3.05) is 11.9 Å². The van der Waals surface area contributed by atoms with Crippen LogP contribution in [0.4, 0.5) is 24.5 Å². The number of carboxylic acid groups (broad SMARTS) is 1. The Bertz CT molecular complexity index is 842. The fraction of sp³-hybridized carbons (Fsp3) is 0.476. The number of aryl methyl sites for hydroxylation is 1. The largest absolute Gasteiger partial charge is 0.481 e. The van der Waals surface area contributed by atoms with Crippen molar-refractivity contribution in [2.24, 2.45) is 0 Å². The summed E-state index contributed by atoms with van der Waals surface area (Å²) < 4.78 is 46.0. The number of anilines is 2. The molecule has 6 nitrogen and oxygen atoms in total. The number of benzene rings is 1. The van der Waals surface area contributed by atoms with E-state index in [1.807, 2.05) is 13.8 Å². The molecule has 0 bridgehead atoms. The Balaban J connectivity index is 2.52. The van der Waals surface area contributed by atoms with Gasteiger partial charge >= 0.3 is 12.1 Å². The molecule has 1 heterocycles. The van der Waals surface area contributed by atoms with E-state index in [1.54, 1.807) is 6.07 Å². The van der Waals surface area contributed by atoms with Crippen LogP contribution < -0.4 is 5.32 Å². The Morgan fingerprint density at radius 2 is 1.87 bits per heavy atom. The highest BCUT2D eigenvalue weighted by Crippen LogP contribution is 2.41. The van der Waals surface area contributed by atoms with Crippen LogP contribution in [0, 0.1) is 0 Å². The standard InChI is InChI=1S/C21H26F3N3O3/c1-4-13(10-19(28)29)14-7-8-16(20(30-6-3)21(22,23)24)17(9-14)27-15-11-25-18(5-2)26-12-15/h7-9,11-13,20,27H,4-6,10H2,1-3H3,(H,28,29). The van der Waals surface area contributed by atoms with Crippen LogP contribution in [0.1, 0.15) is 62.6 Å². The second-order valence-electron chi connectivity index (χ2n) is 6.79. The van der Waals surface area contributed by atoms with Gasteiger partial charge in [-0.15, -0.1) is 0 Å². The molecule has 0 aliphatic carbocycles. The van der Waals surface area contributed by atoms with Gasteiger partial charge in [-0.1, -0.05) is 26.0 Å². The van der Waals surface area contributed by atoms with Gasteiger partial charge in [-0.2, -0.15) is 13.2 Å². The first-order chi connectivity index (χ1) is 14.2. The topological polar surface area (TPSA) is 84.3 Å². The average molecular weight is 425 g/mol. The van der Waals surface area contributed by atoms with Crippen molar-refractivity contribution in [3.8, 4) is 0 Å². The number of halogens is 3. The van der Waals surface area contributed by atoms with Crippen LogP contribution in [0.25, 0.3) is 0 Å². The van der Waals surface area contributed by atoms with Gasteiger partial charge in [0.15, 0.2) is 6.10 Å². The van der Waals surface area contributed by atoms with E-state index in [9.17, 15) is 18.0 Å². The number of carbonyl (C=O) groups is 1. The number of nitrogens with one attached hydrogen (secondary N) is 1. The number of carboxylic acids is 1. The van der Waals surface area contributed by atoms with E-state index in [-0.39, 0.29) is 30.2 Å². The van der Waals surface area contributed by atoms with E-state index < -0.39 is 18.2 Å². The number of nitrogens with zero attached hydrogens (tertiary/aromatic N) is 2. The second kappa shape index (κ2) is 10.4. The molecule has 0 amide bonds. The first-order valence-electron chi connectivity index (χ1n) is 9.81. The third-order valence-electron chi connectivity index (χ3n) is 4.68. The van der Waals surface area contributed by atoms with Crippen LogP contribution in [0.2, 0.25) is 0 Å². The normalized spacial score (nSPS) is 13.7. The van der Waals surface area contributed by atoms with E-state index in [0.717, 1.165) is 0 Å². The highest BCUT2D eigenvalue weighted by Gasteiger charge is 2.43. The molecule has 164 valence electrons. The minimum absolute atomic E-state index is 0.0853. The van der Waals surface area contributed by atoms with Crippen molar-refractivity contribution in [1.29, 1.82) is 0 Å². The first kappa shape index (κ1) is 23.6. The third-order valence-corrected chi connectivity index (χ3v) is 4.68. The summed E-state index contributed by atoms with van der Waals surface area (Å²) in [7, 11) is 0. The number of aliphatic carboxylic acids is 1. The maximum atomic E-state index is 13.7. The number of ether oxygens (including phenoxy) is 1. The SMILES string of the molecule is CCOC(c1ccc(C(CC)CC(=O)O)cc1Nc1cnc(CC)nc1)C(F)(F)F. The van der Waals surface area contributed by atoms with E-state index in [2.05, 4.69) is 15.3 Å². The van der Waals surface area contributed by atoms with E-state index >= 15 is 0 Å². The zero-order chi connectivity index (χ0) is 22.3. The minimum Gasteiger partial charge on any atom is -0.481 e. The maximum absolute atomic E-state index is 13.7.